The lowest BCUT2D eigenvalue weighted by Gasteiger charge is -2.20. The molecule has 0 aliphatic carbocycles. The first-order valence-electron chi connectivity index (χ1n) is 7.61. The Balaban J connectivity index is 2.00. The number of carbonyl (C=O) groups excluding carboxylic acids is 2. The minimum Gasteiger partial charge on any atom is -0.439 e. The molecule has 1 aromatic carbocycles. The van der Waals surface area contributed by atoms with E-state index in [2.05, 4.69) is 15.6 Å². The van der Waals surface area contributed by atoms with Crippen molar-refractivity contribution < 1.29 is 18.7 Å². The molecule has 7 nitrogen and oxygen atoms in total. The molecule has 0 unspecified atom stereocenters. The van der Waals surface area contributed by atoms with Crippen LogP contribution in [0.15, 0.2) is 42.6 Å². The Hall–Kier alpha value is -3.16. The predicted molar refractivity (Wildman–Crippen MR) is 90.7 cm³/mol. The third kappa shape index (κ3) is 5.45. The SMILES string of the molecule is CC(C)[C@H](NC(N)=O)C(=O)Nc1ccc(Oc2ccc(F)cc2)nc1. The van der Waals surface area contributed by atoms with Crippen LogP contribution in [-0.2, 0) is 4.79 Å². The van der Waals surface area contributed by atoms with Gasteiger partial charge in [-0.2, -0.15) is 0 Å². The van der Waals surface area contributed by atoms with E-state index >= 15 is 0 Å². The molecular formula is C17H19FN4O3. The number of nitrogens with zero attached hydrogens (tertiary/aromatic N) is 1. The molecule has 0 spiro atoms. The Morgan fingerprint density at radius 2 is 1.84 bits per heavy atom. The molecule has 132 valence electrons. The molecule has 0 aliphatic rings. The van der Waals surface area contributed by atoms with Crippen molar-refractivity contribution in [2.24, 2.45) is 11.7 Å². The lowest BCUT2D eigenvalue weighted by atomic mass is 10.0. The van der Waals surface area contributed by atoms with Crippen molar-refractivity contribution >= 4 is 17.6 Å². The summed E-state index contributed by atoms with van der Waals surface area (Å²) in [5, 5.41) is 5.05. The number of primary amides is 1. The highest BCUT2D eigenvalue weighted by atomic mass is 19.1. The van der Waals surface area contributed by atoms with Crippen molar-refractivity contribution in [3.05, 3.63) is 48.4 Å². The van der Waals surface area contributed by atoms with E-state index in [0.29, 0.717) is 17.3 Å². The van der Waals surface area contributed by atoms with Crippen molar-refractivity contribution in [2.45, 2.75) is 19.9 Å². The number of benzene rings is 1. The number of aromatic nitrogens is 1. The fourth-order valence-corrected chi connectivity index (χ4v) is 2.05. The molecule has 8 heteroatoms. The highest BCUT2D eigenvalue weighted by Crippen LogP contribution is 2.20. The smallest absolute Gasteiger partial charge is 0.312 e. The van der Waals surface area contributed by atoms with Crippen LogP contribution in [0.5, 0.6) is 11.6 Å². The Labute approximate surface area is 144 Å². The number of ether oxygens (including phenoxy) is 1. The molecule has 0 saturated carbocycles. The molecule has 0 bridgehead atoms. The van der Waals surface area contributed by atoms with Crippen molar-refractivity contribution in [1.82, 2.24) is 10.3 Å². The molecule has 25 heavy (non-hydrogen) atoms. The quantitative estimate of drug-likeness (QED) is 0.747. The zero-order valence-corrected chi connectivity index (χ0v) is 13.8. The average molecular weight is 346 g/mol. The van der Waals surface area contributed by atoms with Crippen molar-refractivity contribution in [3.8, 4) is 11.6 Å². The molecular weight excluding hydrogens is 327 g/mol. The van der Waals surface area contributed by atoms with Gasteiger partial charge in [-0.1, -0.05) is 13.8 Å². The summed E-state index contributed by atoms with van der Waals surface area (Å²) in [5.41, 5.74) is 5.52. The van der Waals surface area contributed by atoms with Crippen LogP contribution in [0.1, 0.15) is 13.8 Å². The number of anilines is 1. The Morgan fingerprint density at radius 3 is 2.36 bits per heavy atom. The molecule has 0 fully saturated rings. The van der Waals surface area contributed by atoms with Gasteiger partial charge in [0.1, 0.15) is 17.6 Å². The highest BCUT2D eigenvalue weighted by Gasteiger charge is 2.23. The summed E-state index contributed by atoms with van der Waals surface area (Å²) in [5.74, 6) is -0.163. The van der Waals surface area contributed by atoms with E-state index in [4.69, 9.17) is 10.5 Å². The third-order valence-electron chi connectivity index (χ3n) is 3.29. The first-order chi connectivity index (χ1) is 11.8. The summed E-state index contributed by atoms with van der Waals surface area (Å²) in [7, 11) is 0. The lowest BCUT2D eigenvalue weighted by molar-refractivity contribution is -0.118. The molecule has 1 aromatic heterocycles. The third-order valence-corrected chi connectivity index (χ3v) is 3.29. The van der Waals surface area contributed by atoms with Crippen molar-refractivity contribution in [1.29, 1.82) is 0 Å². The van der Waals surface area contributed by atoms with Gasteiger partial charge in [-0.25, -0.2) is 14.2 Å². The maximum absolute atomic E-state index is 12.9. The number of halogens is 1. The topological polar surface area (TPSA) is 106 Å². The Bertz CT molecular complexity index is 733. The van der Waals surface area contributed by atoms with Crippen LogP contribution in [-0.4, -0.2) is 23.0 Å². The van der Waals surface area contributed by atoms with Crippen molar-refractivity contribution in [2.75, 3.05) is 5.32 Å². The lowest BCUT2D eigenvalue weighted by Crippen LogP contribution is -2.49. The molecule has 2 rings (SSSR count). The van der Waals surface area contributed by atoms with Gasteiger partial charge in [0, 0.05) is 6.07 Å². The highest BCUT2D eigenvalue weighted by molar-refractivity contribution is 5.96. The molecule has 0 radical (unpaired) electrons. The minimum atomic E-state index is -0.768. The predicted octanol–water partition coefficient (Wildman–Crippen LogP) is 2.64. The van der Waals surface area contributed by atoms with Gasteiger partial charge in [-0.3, -0.25) is 4.79 Å². The largest absolute Gasteiger partial charge is 0.439 e. The molecule has 1 atom stereocenters. The van der Waals surface area contributed by atoms with Gasteiger partial charge in [0.2, 0.25) is 11.8 Å². The molecule has 3 amide bonds. The van der Waals surface area contributed by atoms with Crippen LogP contribution in [0.25, 0.3) is 0 Å². The maximum atomic E-state index is 12.9. The van der Waals surface area contributed by atoms with Crippen LogP contribution in [0, 0.1) is 11.7 Å². The van der Waals surface area contributed by atoms with E-state index < -0.39 is 18.0 Å². The minimum absolute atomic E-state index is 0.137. The molecule has 0 saturated heterocycles. The van der Waals surface area contributed by atoms with Gasteiger partial charge >= 0.3 is 6.03 Å². The van der Waals surface area contributed by atoms with E-state index in [1.165, 1.54) is 30.5 Å². The van der Waals surface area contributed by atoms with Crippen LogP contribution in [0.2, 0.25) is 0 Å². The van der Waals surface area contributed by atoms with Gasteiger partial charge in [0.25, 0.3) is 0 Å². The number of pyridine rings is 1. The van der Waals surface area contributed by atoms with Crippen LogP contribution < -0.4 is 21.1 Å². The van der Waals surface area contributed by atoms with E-state index in [-0.39, 0.29) is 11.7 Å². The number of hydrogen-bond donors (Lipinski definition) is 3. The summed E-state index contributed by atoms with van der Waals surface area (Å²) < 4.78 is 18.3. The second-order valence-electron chi connectivity index (χ2n) is 5.66. The second-order valence-corrected chi connectivity index (χ2v) is 5.66. The number of rotatable bonds is 6. The summed E-state index contributed by atoms with van der Waals surface area (Å²) in [6, 6.07) is 7.16. The van der Waals surface area contributed by atoms with Gasteiger partial charge in [0.05, 0.1) is 11.9 Å². The monoisotopic (exact) mass is 346 g/mol. The second kappa shape index (κ2) is 8.09. The zero-order chi connectivity index (χ0) is 18.4. The maximum Gasteiger partial charge on any atom is 0.312 e. The summed E-state index contributed by atoms with van der Waals surface area (Å²) >= 11 is 0. The number of nitrogens with two attached hydrogens (primary N) is 1. The standard InChI is InChI=1S/C17H19FN4O3/c1-10(2)15(22-17(19)24)16(23)21-12-5-8-14(20-9-12)25-13-6-3-11(18)4-7-13/h3-10,15H,1-2H3,(H,21,23)(H3,19,22,24)/t15-/m0/s1. The van der Waals surface area contributed by atoms with Gasteiger partial charge < -0.3 is 21.1 Å². The van der Waals surface area contributed by atoms with Gasteiger partial charge in [-0.15, -0.1) is 0 Å². The number of amides is 3. The van der Waals surface area contributed by atoms with Gasteiger partial charge in [-0.05, 0) is 36.2 Å². The summed E-state index contributed by atoms with van der Waals surface area (Å²) in [4.78, 5) is 27.3. The Morgan fingerprint density at radius 1 is 1.16 bits per heavy atom. The molecule has 2 aromatic rings. The molecule has 0 aliphatic heterocycles. The fourth-order valence-electron chi connectivity index (χ4n) is 2.05. The average Bonchev–Trinajstić information content (AvgIpc) is 2.56. The first kappa shape index (κ1) is 18.2. The van der Waals surface area contributed by atoms with Gasteiger partial charge in [0.15, 0.2) is 0 Å². The fraction of sp³-hybridized carbons (Fsp3) is 0.235. The normalized spacial score (nSPS) is 11.7. The molecule has 1 heterocycles. The first-order valence-corrected chi connectivity index (χ1v) is 7.61. The van der Waals surface area contributed by atoms with Crippen LogP contribution in [0.4, 0.5) is 14.9 Å². The number of urea groups is 1. The van der Waals surface area contributed by atoms with Crippen LogP contribution >= 0.6 is 0 Å². The van der Waals surface area contributed by atoms with E-state index in [1.54, 1.807) is 26.0 Å². The number of nitrogens with one attached hydrogen (secondary N) is 2. The summed E-state index contributed by atoms with van der Waals surface area (Å²) in [6.45, 7) is 3.58. The number of hydrogen-bond acceptors (Lipinski definition) is 4. The molecule has 4 N–H and O–H groups in total. The number of carbonyl (C=O) groups is 2. The van der Waals surface area contributed by atoms with E-state index in [0.717, 1.165) is 0 Å². The van der Waals surface area contributed by atoms with E-state index in [1.807, 2.05) is 0 Å². The summed E-state index contributed by atoms with van der Waals surface area (Å²) in [6.07, 6.45) is 1.42. The van der Waals surface area contributed by atoms with E-state index in [9.17, 15) is 14.0 Å². The zero-order valence-electron chi connectivity index (χ0n) is 13.8. The van der Waals surface area contributed by atoms with Crippen LogP contribution in [0.3, 0.4) is 0 Å². The van der Waals surface area contributed by atoms with Crippen molar-refractivity contribution in [3.63, 3.8) is 0 Å². The Kier molecular flexibility index (Phi) is 5.89.